The molecule has 3 aromatic rings. The summed E-state index contributed by atoms with van der Waals surface area (Å²) in [6, 6.07) is 14.1. The van der Waals surface area contributed by atoms with Crippen molar-refractivity contribution in [2.24, 2.45) is 5.73 Å². The van der Waals surface area contributed by atoms with Crippen LogP contribution in [0.5, 0.6) is 5.75 Å². The summed E-state index contributed by atoms with van der Waals surface area (Å²) in [5.41, 5.74) is 5.49. The number of furan rings is 1. The van der Waals surface area contributed by atoms with Crippen LogP contribution in [0.4, 0.5) is 5.69 Å². The van der Waals surface area contributed by atoms with E-state index in [2.05, 4.69) is 5.32 Å². The number of benzene rings is 1. The number of ether oxygens (including phenoxy) is 1. The summed E-state index contributed by atoms with van der Waals surface area (Å²) in [5, 5.41) is 12.7. The minimum Gasteiger partial charge on any atom is -0.467 e. The summed E-state index contributed by atoms with van der Waals surface area (Å²) in [7, 11) is 0. The molecule has 5 rings (SSSR count). The largest absolute Gasteiger partial charge is 0.467 e. The number of nitrogens with one attached hydrogen (secondary N) is 1. The van der Waals surface area contributed by atoms with Crippen molar-refractivity contribution in [1.29, 1.82) is 5.26 Å². The van der Waals surface area contributed by atoms with Crippen LogP contribution in [0.3, 0.4) is 0 Å². The Hall–Kier alpha value is -4.25. The topological polar surface area (TPSA) is 123 Å². The molecule has 2 aliphatic rings. The van der Waals surface area contributed by atoms with Crippen LogP contribution in [0.15, 0.2) is 69.4 Å². The fraction of sp³-hybridized carbons (Fsp3) is 0.136. The zero-order valence-corrected chi connectivity index (χ0v) is 15.9. The minimum absolute atomic E-state index is 0.0628. The average molecular weight is 400 g/mol. The monoisotopic (exact) mass is 400 g/mol. The number of anilines is 1. The molecular weight excluding hydrogens is 384 g/mol. The second-order valence-corrected chi connectivity index (χ2v) is 7.20. The maximum Gasteiger partial charge on any atom is 0.259 e. The first-order valence-electron chi connectivity index (χ1n) is 9.25. The third-order valence-corrected chi connectivity index (χ3v) is 5.61. The Bertz CT molecular complexity index is 1340. The number of fused-ring (bicyclic) bond motifs is 4. The van der Waals surface area contributed by atoms with Crippen LogP contribution in [0.1, 0.15) is 22.6 Å². The van der Waals surface area contributed by atoms with Crippen LogP contribution in [0, 0.1) is 18.3 Å². The van der Waals surface area contributed by atoms with Crippen LogP contribution in [0.25, 0.3) is 0 Å². The lowest BCUT2D eigenvalue weighted by atomic mass is 9.69. The lowest BCUT2D eigenvalue weighted by molar-refractivity contribution is -0.118. The van der Waals surface area contributed by atoms with E-state index in [1.807, 2.05) is 6.07 Å². The van der Waals surface area contributed by atoms with E-state index in [-0.39, 0.29) is 29.3 Å². The Kier molecular flexibility index (Phi) is 3.64. The molecule has 0 radical (unpaired) electrons. The number of hydrogen-bond donors (Lipinski definition) is 2. The molecule has 8 nitrogen and oxygen atoms in total. The molecule has 0 aliphatic carbocycles. The van der Waals surface area contributed by atoms with Crippen molar-refractivity contribution in [2.45, 2.75) is 18.9 Å². The van der Waals surface area contributed by atoms with Gasteiger partial charge in [0.25, 0.3) is 5.56 Å². The van der Waals surface area contributed by atoms with Gasteiger partial charge in [-0.1, -0.05) is 18.2 Å². The van der Waals surface area contributed by atoms with Crippen LogP contribution < -0.4 is 21.3 Å². The molecule has 0 fully saturated rings. The molecule has 1 spiro atoms. The molecule has 0 bridgehead atoms. The minimum atomic E-state index is -1.68. The Morgan fingerprint density at radius 3 is 2.77 bits per heavy atom. The smallest absolute Gasteiger partial charge is 0.259 e. The number of aromatic nitrogens is 1. The Morgan fingerprint density at radius 1 is 1.23 bits per heavy atom. The van der Waals surface area contributed by atoms with Crippen molar-refractivity contribution in [2.75, 3.05) is 5.32 Å². The molecule has 1 atom stereocenters. The van der Waals surface area contributed by atoms with Crippen LogP contribution in [-0.4, -0.2) is 10.5 Å². The molecule has 148 valence electrons. The second-order valence-electron chi connectivity index (χ2n) is 7.20. The summed E-state index contributed by atoms with van der Waals surface area (Å²) < 4.78 is 12.5. The summed E-state index contributed by atoms with van der Waals surface area (Å²) in [6.45, 7) is 1.93. The van der Waals surface area contributed by atoms with Gasteiger partial charge >= 0.3 is 0 Å². The molecule has 1 aromatic carbocycles. The number of nitrogens with zero attached hydrogens (tertiary/aromatic N) is 2. The van der Waals surface area contributed by atoms with Gasteiger partial charge in [0.2, 0.25) is 11.8 Å². The number of nitriles is 1. The van der Waals surface area contributed by atoms with Gasteiger partial charge < -0.3 is 24.8 Å². The number of hydrogen-bond acceptors (Lipinski definition) is 6. The lowest BCUT2D eigenvalue weighted by Gasteiger charge is -2.33. The number of carbonyl (C=O) groups excluding carboxylic acids is 1. The molecule has 3 N–H and O–H groups in total. The first-order valence-corrected chi connectivity index (χ1v) is 9.25. The molecule has 0 saturated heterocycles. The van der Waals surface area contributed by atoms with E-state index < -0.39 is 16.9 Å². The van der Waals surface area contributed by atoms with E-state index in [1.54, 1.807) is 49.4 Å². The predicted octanol–water partition coefficient (Wildman–Crippen LogP) is 2.12. The van der Waals surface area contributed by atoms with Gasteiger partial charge in [0.1, 0.15) is 23.2 Å². The highest BCUT2D eigenvalue weighted by atomic mass is 16.5. The molecule has 2 aromatic heterocycles. The van der Waals surface area contributed by atoms with Crippen LogP contribution in [0.2, 0.25) is 0 Å². The highest BCUT2D eigenvalue weighted by Gasteiger charge is 2.58. The van der Waals surface area contributed by atoms with Crippen molar-refractivity contribution in [1.82, 2.24) is 4.57 Å². The Morgan fingerprint density at radius 2 is 2.03 bits per heavy atom. The molecule has 2 aliphatic heterocycles. The summed E-state index contributed by atoms with van der Waals surface area (Å²) in [4.78, 5) is 27.1. The Balaban J connectivity index is 1.87. The fourth-order valence-corrected chi connectivity index (χ4v) is 4.29. The highest BCUT2D eigenvalue weighted by Crippen LogP contribution is 2.51. The maximum atomic E-state index is 13.7. The van der Waals surface area contributed by atoms with E-state index in [0.717, 1.165) is 0 Å². The summed E-state index contributed by atoms with van der Waals surface area (Å²) in [6.07, 6.45) is 1.52. The second kappa shape index (κ2) is 6.12. The van der Waals surface area contributed by atoms with E-state index >= 15 is 0 Å². The fourth-order valence-electron chi connectivity index (χ4n) is 4.29. The van der Waals surface area contributed by atoms with Gasteiger partial charge in [-0.15, -0.1) is 0 Å². The number of pyridine rings is 1. The maximum absolute atomic E-state index is 13.7. The van der Waals surface area contributed by atoms with Gasteiger partial charge in [-0.2, -0.15) is 5.26 Å². The molecule has 4 heterocycles. The van der Waals surface area contributed by atoms with E-state index in [9.17, 15) is 14.9 Å². The van der Waals surface area contributed by atoms with Gasteiger partial charge in [0.05, 0.1) is 18.4 Å². The number of rotatable bonds is 2. The molecule has 1 unspecified atom stereocenters. The molecule has 8 heteroatoms. The number of nitrogens with two attached hydrogens (primary N) is 1. The summed E-state index contributed by atoms with van der Waals surface area (Å²) in [5.74, 6) is 0.0343. The van der Waals surface area contributed by atoms with Gasteiger partial charge in [-0.25, -0.2) is 0 Å². The van der Waals surface area contributed by atoms with Gasteiger partial charge in [0.15, 0.2) is 5.41 Å². The Labute approximate surface area is 170 Å². The number of carbonyl (C=O) groups is 1. The highest BCUT2D eigenvalue weighted by molar-refractivity contribution is 6.12. The van der Waals surface area contributed by atoms with Crippen molar-refractivity contribution >= 4 is 11.6 Å². The molecule has 1 amide bonds. The van der Waals surface area contributed by atoms with Crippen molar-refractivity contribution in [3.63, 3.8) is 0 Å². The summed E-state index contributed by atoms with van der Waals surface area (Å²) >= 11 is 0. The SMILES string of the molecule is Cc1cc2c(c(=O)n1Cc1ccco1)C1(C(=O)Nc3ccccc31)C(C#N)=C(N)O2. The third kappa shape index (κ3) is 2.14. The van der Waals surface area contributed by atoms with Gasteiger partial charge in [0, 0.05) is 23.0 Å². The first kappa shape index (κ1) is 17.8. The van der Waals surface area contributed by atoms with Gasteiger partial charge in [-0.05, 0) is 25.1 Å². The third-order valence-electron chi connectivity index (χ3n) is 5.61. The normalized spacial score (nSPS) is 19.1. The predicted molar refractivity (Wildman–Crippen MR) is 107 cm³/mol. The standard InChI is InChI=1S/C22H16N4O4/c1-12-9-17-18(20(27)26(12)11-13-5-4-8-29-13)22(15(10-23)19(24)30-17)14-6-2-3-7-16(14)25-21(22)28/h2-9H,11,24H2,1H3,(H,25,28). The average Bonchev–Trinajstić information content (AvgIpc) is 3.32. The van der Waals surface area contributed by atoms with Crippen LogP contribution in [-0.2, 0) is 16.8 Å². The van der Waals surface area contributed by atoms with E-state index in [4.69, 9.17) is 14.9 Å². The van der Waals surface area contributed by atoms with Crippen molar-refractivity contribution in [3.8, 4) is 11.8 Å². The quantitative estimate of drug-likeness (QED) is 0.679. The van der Waals surface area contributed by atoms with Crippen LogP contribution >= 0.6 is 0 Å². The number of para-hydroxylation sites is 1. The first-order chi connectivity index (χ1) is 14.5. The lowest BCUT2D eigenvalue weighted by Crippen LogP contribution is -2.47. The molecule has 0 saturated carbocycles. The van der Waals surface area contributed by atoms with Gasteiger partial charge in [-0.3, -0.25) is 9.59 Å². The number of aryl methyl sites for hydroxylation is 1. The van der Waals surface area contributed by atoms with E-state index in [1.165, 1.54) is 10.8 Å². The zero-order chi connectivity index (χ0) is 21.0. The molecule has 30 heavy (non-hydrogen) atoms. The van der Waals surface area contributed by atoms with E-state index in [0.29, 0.717) is 22.7 Å². The zero-order valence-electron chi connectivity index (χ0n) is 15.9. The van der Waals surface area contributed by atoms with Crippen molar-refractivity contribution in [3.05, 3.63) is 93.1 Å². The molecular formula is C22H16N4O4. The van der Waals surface area contributed by atoms with Crippen molar-refractivity contribution < 1.29 is 13.9 Å². The number of amides is 1.